The van der Waals surface area contributed by atoms with Crippen LogP contribution in [0.4, 0.5) is 0 Å². The lowest BCUT2D eigenvalue weighted by atomic mass is 10.1. The van der Waals surface area contributed by atoms with Crippen LogP contribution >= 0.6 is 0 Å². The molecule has 5 heteroatoms. The molecular formula is C11H11NO3S. The molecule has 1 aromatic carbocycles. The van der Waals surface area contributed by atoms with E-state index in [4.69, 9.17) is 5.26 Å². The Hall–Kier alpha value is -1.67. The van der Waals surface area contributed by atoms with Crippen LogP contribution in [0.15, 0.2) is 29.2 Å². The molecule has 0 heterocycles. The molecule has 4 nitrogen and oxygen atoms in total. The minimum Gasteiger partial charge on any atom is -0.294 e. The normalized spacial score (nSPS) is 10.8. The molecule has 0 unspecified atom stereocenters. The predicted molar refractivity (Wildman–Crippen MR) is 58.7 cm³/mol. The van der Waals surface area contributed by atoms with Gasteiger partial charge in [0.25, 0.3) is 0 Å². The molecule has 0 saturated heterocycles. The van der Waals surface area contributed by atoms with E-state index in [0.29, 0.717) is 12.0 Å². The molecular weight excluding hydrogens is 226 g/mol. The SMILES string of the molecule is CCC(=O)c1ccc(S(=O)(=O)CC#N)cc1. The zero-order chi connectivity index (χ0) is 12.2. The molecule has 0 aromatic heterocycles. The van der Waals surface area contributed by atoms with Gasteiger partial charge in [-0.3, -0.25) is 4.79 Å². The number of nitrogens with zero attached hydrogens (tertiary/aromatic N) is 1. The van der Waals surface area contributed by atoms with Gasteiger partial charge in [-0.15, -0.1) is 0 Å². The highest BCUT2D eigenvalue weighted by molar-refractivity contribution is 7.91. The van der Waals surface area contributed by atoms with E-state index in [2.05, 4.69) is 0 Å². The molecule has 0 atom stereocenters. The molecule has 0 aliphatic carbocycles. The lowest BCUT2D eigenvalue weighted by Gasteiger charge is -2.01. The summed E-state index contributed by atoms with van der Waals surface area (Å²) in [7, 11) is -3.53. The first-order valence-corrected chi connectivity index (χ1v) is 6.39. The summed E-state index contributed by atoms with van der Waals surface area (Å²) in [5.74, 6) is -0.585. The highest BCUT2D eigenvalue weighted by atomic mass is 32.2. The molecule has 0 spiro atoms. The van der Waals surface area contributed by atoms with Gasteiger partial charge in [0.2, 0.25) is 0 Å². The maximum absolute atomic E-state index is 11.5. The van der Waals surface area contributed by atoms with Crippen LogP contribution in [0.5, 0.6) is 0 Å². The Morgan fingerprint density at radius 3 is 2.31 bits per heavy atom. The van der Waals surface area contributed by atoms with E-state index in [-0.39, 0.29) is 10.7 Å². The van der Waals surface area contributed by atoms with Gasteiger partial charge in [0, 0.05) is 12.0 Å². The molecule has 0 amide bonds. The molecule has 0 radical (unpaired) electrons. The number of carbonyl (C=O) groups is 1. The van der Waals surface area contributed by atoms with E-state index in [1.54, 1.807) is 13.0 Å². The van der Waals surface area contributed by atoms with Crippen molar-refractivity contribution < 1.29 is 13.2 Å². The first-order valence-electron chi connectivity index (χ1n) is 4.74. The van der Waals surface area contributed by atoms with Crippen LogP contribution < -0.4 is 0 Å². The number of benzene rings is 1. The fourth-order valence-corrected chi connectivity index (χ4v) is 2.11. The van der Waals surface area contributed by atoms with E-state index < -0.39 is 15.6 Å². The van der Waals surface area contributed by atoms with Gasteiger partial charge in [-0.05, 0) is 12.1 Å². The molecule has 0 saturated carbocycles. The van der Waals surface area contributed by atoms with Crippen molar-refractivity contribution in [2.45, 2.75) is 18.2 Å². The van der Waals surface area contributed by atoms with Crippen LogP contribution in [0.25, 0.3) is 0 Å². The average Bonchev–Trinajstić information content (AvgIpc) is 2.28. The quantitative estimate of drug-likeness (QED) is 0.745. The molecule has 0 aliphatic rings. The Bertz CT molecular complexity index is 523. The summed E-state index contributed by atoms with van der Waals surface area (Å²) in [6, 6.07) is 7.25. The fourth-order valence-electron chi connectivity index (χ4n) is 1.22. The minimum absolute atomic E-state index is 0.0377. The van der Waals surface area contributed by atoms with Gasteiger partial charge in [-0.1, -0.05) is 19.1 Å². The molecule has 1 aromatic rings. The van der Waals surface area contributed by atoms with Crippen molar-refractivity contribution in [1.29, 1.82) is 5.26 Å². The van der Waals surface area contributed by atoms with E-state index in [9.17, 15) is 13.2 Å². The summed E-state index contributed by atoms with van der Waals surface area (Å²) in [6.45, 7) is 1.74. The number of nitriles is 1. The molecule has 0 bridgehead atoms. The van der Waals surface area contributed by atoms with E-state index in [1.807, 2.05) is 0 Å². The standard InChI is InChI=1S/C11H11NO3S/c1-2-11(13)9-3-5-10(6-4-9)16(14,15)8-7-12/h3-6H,2,8H2,1H3. The second kappa shape index (κ2) is 4.90. The third-order valence-corrected chi connectivity index (χ3v) is 3.61. The summed E-state index contributed by atoms with van der Waals surface area (Å²) < 4.78 is 23.0. The second-order valence-electron chi connectivity index (χ2n) is 3.22. The Morgan fingerprint density at radius 2 is 1.88 bits per heavy atom. The number of hydrogen-bond donors (Lipinski definition) is 0. The number of Topliss-reactive ketones (excluding diaryl/α,β-unsaturated/α-hetero) is 1. The zero-order valence-corrected chi connectivity index (χ0v) is 9.62. The van der Waals surface area contributed by atoms with E-state index in [1.165, 1.54) is 24.3 Å². The average molecular weight is 237 g/mol. The van der Waals surface area contributed by atoms with Gasteiger partial charge in [0.05, 0.1) is 11.0 Å². The van der Waals surface area contributed by atoms with Gasteiger partial charge in [0.15, 0.2) is 15.6 Å². The van der Waals surface area contributed by atoms with Crippen LogP contribution in [-0.4, -0.2) is 20.0 Å². The van der Waals surface area contributed by atoms with Crippen LogP contribution in [0.1, 0.15) is 23.7 Å². The summed E-state index contributed by atoms with van der Waals surface area (Å²) in [5.41, 5.74) is 0.485. The lowest BCUT2D eigenvalue weighted by molar-refractivity contribution is 0.0988. The zero-order valence-electron chi connectivity index (χ0n) is 8.80. The summed E-state index contributed by atoms with van der Waals surface area (Å²) in [4.78, 5) is 11.4. The largest absolute Gasteiger partial charge is 0.294 e. The number of sulfone groups is 1. The Kier molecular flexibility index (Phi) is 3.80. The summed E-state index contributed by atoms with van der Waals surface area (Å²) in [5, 5.41) is 8.36. The molecule has 0 aliphatic heterocycles. The molecule has 0 fully saturated rings. The molecule has 84 valence electrons. The van der Waals surface area contributed by atoms with Gasteiger partial charge < -0.3 is 0 Å². The Morgan fingerprint density at radius 1 is 1.31 bits per heavy atom. The monoisotopic (exact) mass is 237 g/mol. The van der Waals surface area contributed by atoms with Crippen molar-refractivity contribution in [3.05, 3.63) is 29.8 Å². The van der Waals surface area contributed by atoms with Crippen LogP contribution in [-0.2, 0) is 9.84 Å². The van der Waals surface area contributed by atoms with E-state index >= 15 is 0 Å². The fraction of sp³-hybridized carbons (Fsp3) is 0.273. The highest BCUT2D eigenvalue weighted by Crippen LogP contribution is 2.13. The third kappa shape index (κ3) is 2.67. The second-order valence-corrected chi connectivity index (χ2v) is 5.21. The van der Waals surface area contributed by atoms with Crippen molar-refractivity contribution in [2.24, 2.45) is 0 Å². The van der Waals surface area contributed by atoms with Crippen molar-refractivity contribution in [2.75, 3.05) is 5.75 Å². The van der Waals surface area contributed by atoms with Crippen molar-refractivity contribution >= 4 is 15.6 Å². The smallest absolute Gasteiger partial charge is 0.191 e. The maximum atomic E-state index is 11.5. The van der Waals surface area contributed by atoms with Crippen LogP contribution in [0.2, 0.25) is 0 Å². The Balaban J connectivity index is 3.05. The Labute approximate surface area is 94.4 Å². The number of rotatable bonds is 4. The maximum Gasteiger partial charge on any atom is 0.191 e. The predicted octanol–water partition coefficient (Wildman–Crippen LogP) is 1.58. The third-order valence-electron chi connectivity index (χ3n) is 2.11. The van der Waals surface area contributed by atoms with Crippen molar-refractivity contribution in [1.82, 2.24) is 0 Å². The van der Waals surface area contributed by atoms with Crippen LogP contribution in [0, 0.1) is 11.3 Å². The van der Waals surface area contributed by atoms with E-state index in [0.717, 1.165) is 0 Å². The summed E-state index contributed by atoms with van der Waals surface area (Å²) >= 11 is 0. The minimum atomic E-state index is -3.53. The number of carbonyl (C=O) groups excluding carboxylic acids is 1. The first-order chi connectivity index (χ1) is 7.51. The van der Waals surface area contributed by atoms with Gasteiger partial charge in [-0.2, -0.15) is 5.26 Å². The molecule has 0 N–H and O–H groups in total. The van der Waals surface area contributed by atoms with Crippen LogP contribution in [0.3, 0.4) is 0 Å². The summed E-state index contributed by atoms with van der Waals surface area (Å²) in [6.07, 6.45) is 0.379. The molecule has 16 heavy (non-hydrogen) atoms. The first kappa shape index (κ1) is 12.4. The van der Waals surface area contributed by atoms with Gasteiger partial charge in [-0.25, -0.2) is 8.42 Å². The topological polar surface area (TPSA) is 75.0 Å². The van der Waals surface area contributed by atoms with Crippen molar-refractivity contribution in [3.63, 3.8) is 0 Å². The van der Waals surface area contributed by atoms with Gasteiger partial charge >= 0.3 is 0 Å². The molecule has 1 rings (SSSR count). The number of hydrogen-bond acceptors (Lipinski definition) is 4. The number of ketones is 1. The highest BCUT2D eigenvalue weighted by Gasteiger charge is 2.14. The van der Waals surface area contributed by atoms with Crippen molar-refractivity contribution in [3.8, 4) is 6.07 Å². The van der Waals surface area contributed by atoms with Gasteiger partial charge in [0.1, 0.15) is 5.75 Å². The lowest BCUT2D eigenvalue weighted by Crippen LogP contribution is -2.05.